The van der Waals surface area contributed by atoms with Crippen molar-refractivity contribution in [1.29, 1.82) is 0 Å². The summed E-state index contributed by atoms with van der Waals surface area (Å²) in [6.45, 7) is 3.78. The molecule has 2 aliphatic rings. The van der Waals surface area contributed by atoms with E-state index in [9.17, 15) is 18.0 Å². The molecule has 2 unspecified atom stereocenters. The van der Waals surface area contributed by atoms with Crippen LogP contribution >= 0.6 is 0 Å². The number of rotatable bonds is 8. The number of Topliss-reactive ketones (excluding diaryl/α,β-unsaturated/α-hetero) is 1. The highest BCUT2D eigenvalue weighted by Crippen LogP contribution is 2.51. The van der Waals surface area contributed by atoms with Crippen molar-refractivity contribution in [3.8, 4) is 22.9 Å². The monoisotopic (exact) mass is 561 g/mol. The Kier molecular flexibility index (Phi) is 7.33. The van der Waals surface area contributed by atoms with Crippen LogP contribution in [0, 0.1) is 18.8 Å². The lowest BCUT2D eigenvalue weighted by molar-refractivity contribution is -0.154. The van der Waals surface area contributed by atoms with Gasteiger partial charge in [-0.05, 0) is 67.4 Å². The first-order chi connectivity index (χ1) is 19.8. The Morgan fingerprint density at radius 1 is 1.07 bits per heavy atom. The van der Waals surface area contributed by atoms with Crippen LogP contribution in [0.25, 0.3) is 22.0 Å². The minimum Gasteiger partial charge on any atom is -0.437 e. The van der Waals surface area contributed by atoms with Crippen molar-refractivity contribution in [2.75, 3.05) is 18.4 Å². The Morgan fingerprint density at radius 2 is 1.95 bits per heavy atom. The van der Waals surface area contributed by atoms with E-state index in [4.69, 9.17) is 9.72 Å². The number of nitrogens with one attached hydrogen (secondary N) is 2. The van der Waals surface area contributed by atoms with E-state index in [1.165, 1.54) is 0 Å². The molecule has 0 bridgehead atoms. The Labute approximate surface area is 235 Å². The number of alkyl halides is 3. The Morgan fingerprint density at radius 3 is 2.73 bits per heavy atom. The fourth-order valence-electron chi connectivity index (χ4n) is 5.52. The molecule has 4 aromatic rings. The summed E-state index contributed by atoms with van der Waals surface area (Å²) in [5.41, 5.74) is 2.87. The average molecular weight is 562 g/mol. The zero-order chi connectivity index (χ0) is 28.6. The molecule has 2 aromatic heterocycles. The number of aryl methyl sites for hydroxylation is 1. The van der Waals surface area contributed by atoms with Gasteiger partial charge in [0.05, 0.1) is 17.2 Å². The molecule has 0 spiro atoms. The van der Waals surface area contributed by atoms with Crippen molar-refractivity contribution >= 4 is 22.5 Å². The summed E-state index contributed by atoms with van der Waals surface area (Å²) >= 11 is 0. The van der Waals surface area contributed by atoms with Gasteiger partial charge in [0.15, 0.2) is 0 Å². The van der Waals surface area contributed by atoms with E-state index in [1.54, 1.807) is 30.6 Å². The van der Waals surface area contributed by atoms with Gasteiger partial charge in [-0.2, -0.15) is 13.2 Å². The predicted octanol–water partition coefficient (Wildman–Crippen LogP) is 6.27. The molecule has 1 saturated carbocycles. The van der Waals surface area contributed by atoms with Gasteiger partial charge in [-0.3, -0.25) is 4.79 Å². The minimum absolute atomic E-state index is 0.0564. The summed E-state index contributed by atoms with van der Waals surface area (Å²) in [5, 5.41) is 8.30. The van der Waals surface area contributed by atoms with E-state index in [-0.39, 0.29) is 24.7 Å². The van der Waals surface area contributed by atoms with Gasteiger partial charge in [-0.15, -0.1) is 0 Å². The van der Waals surface area contributed by atoms with Gasteiger partial charge in [0.2, 0.25) is 11.8 Å². The second-order valence-electron chi connectivity index (χ2n) is 10.8. The topological polar surface area (TPSA) is 89.0 Å². The maximum absolute atomic E-state index is 13.0. The summed E-state index contributed by atoms with van der Waals surface area (Å²) in [7, 11) is 0. The van der Waals surface area contributed by atoms with Gasteiger partial charge in [-0.25, -0.2) is 15.0 Å². The quantitative estimate of drug-likeness (QED) is 0.262. The maximum Gasteiger partial charge on any atom is 0.392 e. The number of ether oxygens (including phenoxy) is 1. The molecule has 2 N–H and O–H groups in total. The molecular weight excluding hydrogens is 531 g/mol. The number of ketones is 1. The number of piperidine rings is 1. The third-order valence-corrected chi connectivity index (χ3v) is 7.82. The normalized spacial score (nSPS) is 20.5. The van der Waals surface area contributed by atoms with Crippen LogP contribution < -0.4 is 15.4 Å². The zero-order valence-electron chi connectivity index (χ0n) is 22.5. The highest BCUT2D eigenvalue weighted by molar-refractivity contribution is 5.96. The van der Waals surface area contributed by atoms with Gasteiger partial charge in [-0.1, -0.05) is 30.3 Å². The van der Waals surface area contributed by atoms with Gasteiger partial charge in [0.25, 0.3) is 0 Å². The average Bonchev–Trinajstić information content (AvgIpc) is 3.78. The number of anilines is 1. The van der Waals surface area contributed by atoms with E-state index in [0.29, 0.717) is 34.4 Å². The van der Waals surface area contributed by atoms with Crippen LogP contribution in [0.3, 0.4) is 0 Å². The third kappa shape index (κ3) is 5.88. The van der Waals surface area contributed by atoms with Crippen LogP contribution in [0.15, 0.2) is 60.9 Å². The van der Waals surface area contributed by atoms with Crippen LogP contribution in [0.5, 0.6) is 11.6 Å². The number of carbonyl (C=O) groups is 1. The van der Waals surface area contributed by atoms with Gasteiger partial charge in [0.1, 0.15) is 11.5 Å². The fourth-order valence-corrected chi connectivity index (χ4v) is 5.52. The summed E-state index contributed by atoms with van der Waals surface area (Å²) in [6, 6.07) is 15.0. The smallest absolute Gasteiger partial charge is 0.392 e. The number of halogens is 3. The van der Waals surface area contributed by atoms with Crippen LogP contribution in [-0.2, 0) is 11.2 Å². The van der Waals surface area contributed by atoms with Gasteiger partial charge < -0.3 is 15.4 Å². The number of nitrogens with zero attached hydrogens (tertiary/aromatic N) is 3. The number of fused-ring (bicyclic) bond motifs is 1. The van der Waals surface area contributed by atoms with Gasteiger partial charge >= 0.3 is 6.18 Å². The number of aromatic nitrogens is 3. The molecule has 0 radical (unpaired) electrons. The Hall–Kier alpha value is -4.05. The van der Waals surface area contributed by atoms with Crippen molar-refractivity contribution in [1.82, 2.24) is 20.3 Å². The number of pyridine rings is 1. The van der Waals surface area contributed by atoms with E-state index >= 15 is 0 Å². The lowest BCUT2D eigenvalue weighted by Crippen LogP contribution is -2.38. The predicted molar refractivity (Wildman–Crippen MR) is 150 cm³/mol. The lowest BCUT2D eigenvalue weighted by Gasteiger charge is -2.23. The first kappa shape index (κ1) is 27.1. The molecule has 0 amide bonds. The van der Waals surface area contributed by atoms with E-state index in [2.05, 4.69) is 20.6 Å². The largest absolute Gasteiger partial charge is 0.437 e. The molecule has 41 heavy (non-hydrogen) atoms. The SMILES string of the molecule is Cc1ccc2c(CC(=O)C3CC3C(F)(F)F)cccc2c1Oc1ncccc1-c1ccnc(N[C@H]2CCCNC2)n1. The van der Waals surface area contributed by atoms with Crippen molar-refractivity contribution in [3.63, 3.8) is 0 Å². The van der Waals surface area contributed by atoms with E-state index in [1.807, 2.05) is 37.3 Å². The maximum atomic E-state index is 13.0. The van der Waals surface area contributed by atoms with Crippen LogP contribution in [-0.4, -0.2) is 46.0 Å². The molecule has 10 heteroatoms. The van der Waals surface area contributed by atoms with Crippen molar-refractivity contribution < 1.29 is 22.7 Å². The molecule has 3 atom stereocenters. The molecule has 2 fully saturated rings. The summed E-state index contributed by atoms with van der Waals surface area (Å²) < 4.78 is 45.6. The minimum atomic E-state index is -4.33. The number of carbonyl (C=O) groups excluding carboxylic acids is 1. The fraction of sp³-hybridized carbons (Fsp3) is 0.355. The molecule has 7 nitrogen and oxygen atoms in total. The van der Waals surface area contributed by atoms with Gasteiger partial charge in [0, 0.05) is 42.7 Å². The summed E-state index contributed by atoms with van der Waals surface area (Å²) in [6.07, 6.45) is 0.967. The second-order valence-corrected chi connectivity index (χ2v) is 10.8. The molecular formula is C31H30F3N5O2. The lowest BCUT2D eigenvalue weighted by atomic mass is 9.96. The Balaban J connectivity index is 1.28. The van der Waals surface area contributed by atoms with Crippen LogP contribution in [0.4, 0.5) is 19.1 Å². The molecule has 212 valence electrons. The molecule has 1 aliphatic heterocycles. The van der Waals surface area contributed by atoms with Crippen LogP contribution in [0.1, 0.15) is 30.4 Å². The third-order valence-electron chi connectivity index (χ3n) is 7.82. The van der Waals surface area contributed by atoms with E-state index in [0.717, 1.165) is 42.3 Å². The second kappa shape index (κ2) is 11.1. The van der Waals surface area contributed by atoms with E-state index < -0.39 is 18.0 Å². The highest BCUT2D eigenvalue weighted by atomic mass is 19.4. The molecule has 1 aliphatic carbocycles. The summed E-state index contributed by atoms with van der Waals surface area (Å²) in [4.78, 5) is 26.3. The van der Waals surface area contributed by atoms with Crippen molar-refractivity contribution in [3.05, 3.63) is 72.1 Å². The summed E-state index contributed by atoms with van der Waals surface area (Å²) in [5.74, 6) is -1.40. The molecule has 6 rings (SSSR count). The first-order valence-corrected chi connectivity index (χ1v) is 13.8. The number of hydrogen-bond donors (Lipinski definition) is 2. The van der Waals surface area contributed by atoms with Crippen molar-refractivity contribution in [2.45, 2.75) is 44.8 Å². The Bertz CT molecular complexity index is 1590. The standard InChI is InChI=1S/C31H30F3N5O2/c1-18-9-10-21-19(15-27(40)24-16-25(24)31(32,33)34)5-2-7-22(21)28(18)41-29-23(8-4-13-36-29)26-11-14-37-30(39-26)38-20-6-3-12-35-17-20/h2,4-5,7-11,13-14,20,24-25,35H,3,6,12,15-17H2,1H3,(H,37,38,39)/t20-,24?,25?/m0/s1. The highest BCUT2D eigenvalue weighted by Gasteiger charge is 2.58. The zero-order valence-corrected chi connectivity index (χ0v) is 22.5. The molecule has 2 aromatic carbocycles. The molecule has 1 saturated heterocycles. The number of benzene rings is 2. The van der Waals surface area contributed by atoms with Crippen molar-refractivity contribution in [2.24, 2.45) is 11.8 Å². The number of hydrogen-bond acceptors (Lipinski definition) is 7. The molecule has 3 heterocycles. The van der Waals surface area contributed by atoms with Crippen LogP contribution in [0.2, 0.25) is 0 Å². The first-order valence-electron chi connectivity index (χ1n) is 13.8.